The van der Waals surface area contributed by atoms with Crippen molar-refractivity contribution in [2.24, 2.45) is 17.3 Å². The van der Waals surface area contributed by atoms with Crippen molar-refractivity contribution in [3.05, 3.63) is 12.2 Å². The topological polar surface area (TPSA) is 126 Å². The molecule has 0 aromatic heterocycles. The maximum atomic E-state index is 13.9. The molecule has 4 amide bonds. The molecule has 232 valence electrons. The van der Waals surface area contributed by atoms with Crippen LogP contribution in [0.15, 0.2) is 12.2 Å². The lowest BCUT2D eigenvalue weighted by Crippen LogP contribution is -2.59. The third-order valence-corrected chi connectivity index (χ3v) is 8.39. The van der Waals surface area contributed by atoms with Gasteiger partial charge in [0.25, 0.3) is 0 Å². The highest BCUT2D eigenvalue weighted by Gasteiger charge is 2.44. The average Bonchev–Trinajstić information content (AvgIpc) is 2.88. The number of carbonyl (C=O) groups is 4. The van der Waals surface area contributed by atoms with E-state index in [0.717, 1.165) is 12.8 Å². The van der Waals surface area contributed by atoms with E-state index in [9.17, 15) is 19.2 Å². The minimum absolute atomic E-state index is 0.0244. The summed E-state index contributed by atoms with van der Waals surface area (Å²) in [4.78, 5) is 54.7. The highest BCUT2D eigenvalue weighted by molar-refractivity contribution is 5.91. The van der Waals surface area contributed by atoms with E-state index in [1.807, 2.05) is 34.6 Å². The molecular formula is C31H52N4O6. The van der Waals surface area contributed by atoms with Crippen molar-refractivity contribution in [2.45, 2.75) is 117 Å². The van der Waals surface area contributed by atoms with Gasteiger partial charge in [-0.05, 0) is 72.1 Å². The van der Waals surface area contributed by atoms with Crippen molar-refractivity contribution < 1.29 is 28.7 Å². The minimum Gasteiger partial charge on any atom is -0.381 e. The summed E-state index contributed by atoms with van der Waals surface area (Å²) in [5.74, 6) is -0.370. The second-order valence-electron chi connectivity index (χ2n) is 13.5. The van der Waals surface area contributed by atoms with Crippen molar-refractivity contribution in [2.75, 3.05) is 26.3 Å². The molecule has 0 aromatic rings. The van der Waals surface area contributed by atoms with Gasteiger partial charge < -0.3 is 30.3 Å². The van der Waals surface area contributed by atoms with E-state index in [2.05, 4.69) is 28.1 Å². The number of amides is 4. The molecule has 2 saturated heterocycles. The Hall–Kier alpha value is -2.46. The third kappa shape index (κ3) is 9.26. The molecule has 3 heterocycles. The van der Waals surface area contributed by atoms with Crippen molar-refractivity contribution in [1.29, 1.82) is 0 Å². The fraction of sp³-hybridized carbons (Fsp3) is 0.806. The number of hydrogen-bond donors (Lipinski definition) is 3. The highest BCUT2D eigenvalue weighted by Crippen LogP contribution is 2.37. The minimum atomic E-state index is -0.824. The molecular weight excluding hydrogens is 524 g/mol. The summed E-state index contributed by atoms with van der Waals surface area (Å²) in [5, 5.41) is 9.10. The molecule has 3 aliphatic rings. The number of rotatable bonds is 6. The first-order chi connectivity index (χ1) is 19.2. The van der Waals surface area contributed by atoms with Gasteiger partial charge in [0.15, 0.2) is 0 Å². The van der Waals surface area contributed by atoms with Crippen LogP contribution in [0.3, 0.4) is 0 Å². The number of nitrogens with one attached hydrogen (secondary N) is 3. The SMILES string of the molecule is CC(=O)N[C@H](C(=O)N1CCC2(C/C=C/C[C@@H]3COCC[C@@H]3NC(=O)[C@@H](CC(C)C)NC2=O)CC1)[C@@H](C)OC(C)(C)C. The Bertz CT molecular complexity index is 966. The smallest absolute Gasteiger partial charge is 0.247 e. The lowest BCUT2D eigenvalue weighted by molar-refractivity contribution is -0.149. The summed E-state index contributed by atoms with van der Waals surface area (Å²) in [6.45, 7) is 15.0. The normalized spacial score (nSPS) is 27.9. The van der Waals surface area contributed by atoms with Crippen molar-refractivity contribution >= 4 is 23.6 Å². The number of carbonyl (C=O) groups excluding carboxylic acids is 4. The molecule has 3 aliphatic heterocycles. The number of fused-ring (bicyclic) bond motifs is 1. The van der Waals surface area contributed by atoms with Gasteiger partial charge >= 0.3 is 0 Å². The maximum absolute atomic E-state index is 13.9. The van der Waals surface area contributed by atoms with Crippen molar-refractivity contribution in [3.63, 3.8) is 0 Å². The Labute approximate surface area is 245 Å². The Morgan fingerprint density at radius 1 is 1.15 bits per heavy atom. The van der Waals surface area contributed by atoms with Crippen LogP contribution in [-0.2, 0) is 28.7 Å². The number of likely N-dealkylation sites (tertiary alicyclic amines) is 1. The molecule has 0 saturated carbocycles. The lowest BCUT2D eigenvalue weighted by atomic mass is 9.74. The summed E-state index contributed by atoms with van der Waals surface area (Å²) < 4.78 is 11.7. The average molecular weight is 577 g/mol. The largest absolute Gasteiger partial charge is 0.381 e. The molecule has 0 aliphatic carbocycles. The third-order valence-electron chi connectivity index (χ3n) is 8.39. The van der Waals surface area contributed by atoms with E-state index in [-0.39, 0.29) is 41.5 Å². The molecule has 0 unspecified atom stereocenters. The van der Waals surface area contributed by atoms with E-state index in [1.165, 1.54) is 6.92 Å². The second-order valence-corrected chi connectivity index (χ2v) is 13.5. The number of piperidine rings is 1. The Morgan fingerprint density at radius 3 is 2.44 bits per heavy atom. The fourth-order valence-corrected chi connectivity index (χ4v) is 6.20. The molecule has 10 nitrogen and oxygen atoms in total. The quantitative estimate of drug-likeness (QED) is 0.418. The number of allylic oxidation sites excluding steroid dienone is 2. The summed E-state index contributed by atoms with van der Waals surface area (Å²) in [6, 6.07) is -1.42. The zero-order valence-electron chi connectivity index (χ0n) is 26.1. The summed E-state index contributed by atoms with van der Waals surface area (Å²) in [5.41, 5.74) is -1.22. The van der Waals surface area contributed by atoms with Crippen LogP contribution in [0.25, 0.3) is 0 Å². The van der Waals surface area contributed by atoms with Gasteiger partial charge in [-0.3, -0.25) is 19.2 Å². The first-order valence-electron chi connectivity index (χ1n) is 15.3. The van der Waals surface area contributed by atoms with Gasteiger partial charge in [-0.15, -0.1) is 0 Å². The molecule has 1 spiro atoms. The molecule has 0 bridgehead atoms. The van der Waals surface area contributed by atoms with E-state index in [4.69, 9.17) is 9.47 Å². The van der Waals surface area contributed by atoms with Gasteiger partial charge in [0.2, 0.25) is 23.6 Å². The van der Waals surface area contributed by atoms with Crippen LogP contribution in [0.2, 0.25) is 0 Å². The Morgan fingerprint density at radius 2 is 1.83 bits per heavy atom. The van der Waals surface area contributed by atoms with E-state index in [0.29, 0.717) is 52.0 Å². The zero-order valence-corrected chi connectivity index (χ0v) is 26.1. The van der Waals surface area contributed by atoms with Crippen molar-refractivity contribution in [3.8, 4) is 0 Å². The van der Waals surface area contributed by atoms with Crippen LogP contribution < -0.4 is 16.0 Å². The van der Waals surface area contributed by atoms with Gasteiger partial charge in [0.05, 0.1) is 23.7 Å². The molecule has 0 radical (unpaired) electrons. The molecule has 2 fully saturated rings. The van der Waals surface area contributed by atoms with Crippen LogP contribution in [0.5, 0.6) is 0 Å². The van der Waals surface area contributed by atoms with Crippen molar-refractivity contribution in [1.82, 2.24) is 20.9 Å². The fourth-order valence-electron chi connectivity index (χ4n) is 6.20. The standard InChI is InChI=1S/C31H52N4O6/c1-20(2)18-25-27(37)33-24-11-17-40-19-23(24)10-8-9-12-31(29(39)34-25)13-15-35(16-14-31)28(38)26(32-22(4)36)21(3)41-30(5,6)7/h8-9,20-21,23-26H,10-19H2,1-7H3,(H,32,36)(H,33,37)(H,34,39)/b9-8+/t21-,23-,24+,25-,26+/m1/s1. The molecule has 0 aromatic carbocycles. The van der Waals surface area contributed by atoms with Crippen LogP contribution in [0.4, 0.5) is 0 Å². The van der Waals surface area contributed by atoms with Crippen LogP contribution in [0, 0.1) is 17.3 Å². The first-order valence-corrected chi connectivity index (χ1v) is 15.3. The molecule has 3 rings (SSSR count). The van der Waals surface area contributed by atoms with E-state index in [1.54, 1.807) is 11.8 Å². The van der Waals surface area contributed by atoms with Crippen LogP contribution >= 0.6 is 0 Å². The monoisotopic (exact) mass is 576 g/mol. The molecule has 41 heavy (non-hydrogen) atoms. The Kier molecular flexibility index (Phi) is 11.4. The van der Waals surface area contributed by atoms with Gasteiger partial charge in [-0.1, -0.05) is 26.0 Å². The van der Waals surface area contributed by atoms with Gasteiger partial charge in [-0.2, -0.15) is 0 Å². The van der Waals surface area contributed by atoms with E-state index < -0.39 is 29.2 Å². The maximum Gasteiger partial charge on any atom is 0.247 e. The molecule has 10 heteroatoms. The summed E-state index contributed by atoms with van der Waals surface area (Å²) in [7, 11) is 0. The van der Waals surface area contributed by atoms with Gasteiger partial charge in [-0.25, -0.2) is 0 Å². The number of hydrogen-bond acceptors (Lipinski definition) is 6. The van der Waals surface area contributed by atoms with Gasteiger partial charge in [0, 0.05) is 38.6 Å². The predicted molar refractivity (Wildman–Crippen MR) is 157 cm³/mol. The summed E-state index contributed by atoms with van der Waals surface area (Å²) >= 11 is 0. The highest BCUT2D eigenvalue weighted by atomic mass is 16.5. The predicted octanol–water partition coefficient (Wildman–Crippen LogP) is 2.71. The second kappa shape index (κ2) is 14.1. The first kappa shape index (κ1) is 33.0. The lowest BCUT2D eigenvalue weighted by Gasteiger charge is -2.43. The molecule has 3 N–H and O–H groups in total. The number of ether oxygens (including phenoxy) is 2. The van der Waals surface area contributed by atoms with E-state index >= 15 is 0 Å². The molecule has 5 atom stereocenters. The summed E-state index contributed by atoms with van der Waals surface area (Å²) in [6.07, 6.45) is 7.20. The van der Waals surface area contributed by atoms with Crippen LogP contribution in [0.1, 0.15) is 87.0 Å². The Balaban J connectivity index is 1.80. The number of nitrogens with zero attached hydrogens (tertiary/aromatic N) is 1. The van der Waals surface area contributed by atoms with Crippen LogP contribution in [-0.4, -0.2) is 84.7 Å². The zero-order chi connectivity index (χ0) is 30.4. The van der Waals surface area contributed by atoms with Gasteiger partial charge in [0.1, 0.15) is 12.1 Å².